The summed E-state index contributed by atoms with van der Waals surface area (Å²) in [5, 5.41) is 9.11. The van der Waals surface area contributed by atoms with Gasteiger partial charge in [0, 0.05) is 51.9 Å². The molecule has 3 fully saturated rings. The zero-order chi connectivity index (χ0) is 25.3. The number of likely N-dealkylation sites (tertiary alicyclic amines) is 1. The SMILES string of the molecule is CN(C)C(=O)[C@@H]1CN(c2ccc(C#N)c(C(F)(F)F)c2)C[C@H]1C1CCN(C(=O)C2CCCC2)CC1. The molecule has 2 aliphatic heterocycles. The summed E-state index contributed by atoms with van der Waals surface area (Å²) in [5.74, 6) is 0.285. The molecular formula is C26H33F3N4O2. The lowest BCUT2D eigenvalue weighted by Gasteiger charge is -2.37. The van der Waals surface area contributed by atoms with E-state index in [9.17, 15) is 22.8 Å². The van der Waals surface area contributed by atoms with E-state index in [4.69, 9.17) is 5.26 Å². The first-order chi connectivity index (χ1) is 16.6. The smallest absolute Gasteiger partial charge is 0.370 e. The van der Waals surface area contributed by atoms with E-state index in [1.165, 1.54) is 12.1 Å². The molecule has 1 aromatic rings. The van der Waals surface area contributed by atoms with Gasteiger partial charge in [-0.2, -0.15) is 18.4 Å². The zero-order valence-corrected chi connectivity index (χ0v) is 20.4. The van der Waals surface area contributed by atoms with Crippen LogP contribution in [0.4, 0.5) is 18.9 Å². The molecule has 0 N–H and O–H groups in total. The van der Waals surface area contributed by atoms with E-state index in [0.29, 0.717) is 31.9 Å². The molecule has 0 unspecified atom stereocenters. The minimum Gasteiger partial charge on any atom is -0.370 e. The van der Waals surface area contributed by atoms with Crippen molar-refractivity contribution >= 4 is 17.5 Å². The molecule has 9 heteroatoms. The van der Waals surface area contributed by atoms with Gasteiger partial charge in [0.1, 0.15) is 0 Å². The van der Waals surface area contributed by atoms with Gasteiger partial charge in [-0.25, -0.2) is 0 Å². The minimum absolute atomic E-state index is 0.00128. The van der Waals surface area contributed by atoms with E-state index < -0.39 is 17.3 Å². The first-order valence-electron chi connectivity index (χ1n) is 12.5. The van der Waals surface area contributed by atoms with E-state index in [1.807, 2.05) is 9.80 Å². The van der Waals surface area contributed by atoms with Crippen LogP contribution in [0, 0.1) is 35.0 Å². The van der Waals surface area contributed by atoms with Gasteiger partial charge in [0.15, 0.2) is 0 Å². The van der Waals surface area contributed by atoms with Gasteiger partial charge in [0.05, 0.1) is 23.1 Å². The number of anilines is 1. The Hall–Kier alpha value is -2.76. The van der Waals surface area contributed by atoms with Crippen LogP contribution < -0.4 is 4.90 Å². The Balaban J connectivity index is 1.51. The van der Waals surface area contributed by atoms with Crippen molar-refractivity contribution in [1.82, 2.24) is 9.80 Å². The second-order valence-electron chi connectivity index (χ2n) is 10.4. The van der Waals surface area contributed by atoms with Crippen LogP contribution in [-0.4, -0.2) is 61.9 Å². The summed E-state index contributed by atoms with van der Waals surface area (Å²) in [5.41, 5.74) is -0.975. The number of rotatable bonds is 4. The fourth-order valence-corrected chi connectivity index (χ4v) is 6.15. The summed E-state index contributed by atoms with van der Waals surface area (Å²) < 4.78 is 40.6. The number of amides is 2. The molecule has 0 bridgehead atoms. The highest BCUT2D eigenvalue weighted by molar-refractivity contribution is 5.80. The van der Waals surface area contributed by atoms with Crippen LogP contribution in [0.2, 0.25) is 0 Å². The lowest BCUT2D eigenvalue weighted by atomic mass is 9.78. The van der Waals surface area contributed by atoms with Crippen LogP contribution >= 0.6 is 0 Å². The Bertz CT molecular complexity index is 989. The Morgan fingerprint density at radius 1 is 1.06 bits per heavy atom. The molecule has 4 rings (SSSR count). The predicted molar refractivity (Wildman–Crippen MR) is 125 cm³/mol. The maximum Gasteiger partial charge on any atom is 0.417 e. The first-order valence-corrected chi connectivity index (χ1v) is 12.5. The third-order valence-corrected chi connectivity index (χ3v) is 8.08. The summed E-state index contributed by atoms with van der Waals surface area (Å²) >= 11 is 0. The van der Waals surface area contributed by atoms with Gasteiger partial charge in [-0.3, -0.25) is 9.59 Å². The highest BCUT2D eigenvalue weighted by atomic mass is 19.4. The van der Waals surface area contributed by atoms with Crippen LogP contribution in [0.5, 0.6) is 0 Å². The molecule has 1 saturated carbocycles. The molecule has 2 saturated heterocycles. The van der Waals surface area contributed by atoms with E-state index in [2.05, 4.69) is 0 Å². The summed E-state index contributed by atoms with van der Waals surface area (Å²) in [6.07, 6.45) is 1.15. The molecule has 2 heterocycles. The van der Waals surface area contributed by atoms with Crippen molar-refractivity contribution in [3.8, 4) is 6.07 Å². The van der Waals surface area contributed by atoms with Crippen LogP contribution in [0.25, 0.3) is 0 Å². The molecule has 6 nitrogen and oxygen atoms in total. The topological polar surface area (TPSA) is 67.7 Å². The van der Waals surface area contributed by atoms with Crippen molar-refractivity contribution in [1.29, 1.82) is 5.26 Å². The van der Waals surface area contributed by atoms with Crippen molar-refractivity contribution in [2.75, 3.05) is 45.2 Å². The summed E-state index contributed by atoms with van der Waals surface area (Å²) in [6.45, 7) is 2.17. The third kappa shape index (κ3) is 5.26. The van der Waals surface area contributed by atoms with E-state index in [1.54, 1.807) is 25.1 Å². The van der Waals surface area contributed by atoms with Gasteiger partial charge < -0.3 is 14.7 Å². The second-order valence-corrected chi connectivity index (χ2v) is 10.4. The number of nitrogens with zero attached hydrogens (tertiary/aromatic N) is 4. The van der Waals surface area contributed by atoms with Gasteiger partial charge in [-0.1, -0.05) is 12.8 Å². The summed E-state index contributed by atoms with van der Waals surface area (Å²) in [7, 11) is 3.41. The number of hydrogen-bond donors (Lipinski definition) is 0. The lowest BCUT2D eigenvalue weighted by Crippen LogP contribution is -2.44. The molecule has 190 valence electrons. The quantitative estimate of drug-likeness (QED) is 0.636. The minimum atomic E-state index is -4.63. The molecule has 1 aromatic carbocycles. The zero-order valence-electron chi connectivity index (χ0n) is 20.4. The number of halogens is 3. The predicted octanol–water partition coefficient (Wildman–Crippen LogP) is 4.15. The maximum atomic E-state index is 13.5. The number of nitriles is 1. The van der Waals surface area contributed by atoms with Gasteiger partial charge >= 0.3 is 6.18 Å². The molecule has 3 aliphatic rings. The Labute approximate surface area is 204 Å². The van der Waals surface area contributed by atoms with Crippen molar-refractivity contribution in [3.63, 3.8) is 0 Å². The maximum absolute atomic E-state index is 13.5. The van der Waals surface area contributed by atoms with Crippen molar-refractivity contribution in [2.45, 2.75) is 44.7 Å². The molecule has 2 amide bonds. The van der Waals surface area contributed by atoms with E-state index >= 15 is 0 Å². The molecule has 35 heavy (non-hydrogen) atoms. The number of carbonyl (C=O) groups is 2. The largest absolute Gasteiger partial charge is 0.417 e. The average molecular weight is 491 g/mol. The van der Waals surface area contributed by atoms with E-state index in [-0.39, 0.29) is 35.5 Å². The van der Waals surface area contributed by atoms with Gasteiger partial charge in [0.25, 0.3) is 0 Å². The van der Waals surface area contributed by atoms with Gasteiger partial charge in [-0.15, -0.1) is 0 Å². The van der Waals surface area contributed by atoms with Gasteiger partial charge in [-0.05, 0) is 55.7 Å². The molecule has 1 aliphatic carbocycles. The number of piperidine rings is 1. The summed E-state index contributed by atoms with van der Waals surface area (Å²) in [4.78, 5) is 31.3. The number of hydrogen-bond acceptors (Lipinski definition) is 4. The monoisotopic (exact) mass is 490 g/mol. The number of carbonyl (C=O) groups excluding carboxylic acids is 2. The average Bonchev–Trinajstić information content (AvgIpc) is 3.53. The first kappa shape index (κ1) is 25.3. The molecule has 0 radical (unpaired) electrons. The number of benzene rings is 1. The normalized spacial score (nSPS) is 24.0. The van der Waals surface area contributed by atoms with Crippen molar-refractivity contribution in [2.24, 2.45) is 23.7 Å². The molecule has 0 aromatic heterocycles. The highest BCUT2D eigenvalue weighted by Gasteiger charge is 2.44. The lowest BCUT2D eigenvalue weighted by molar-refractivity contribution is -0.138. The van der Waals surface area contributed by atoms with E-state index in [0.717, 1.165) is 44.6 Å². The van der Waals surface area contributed by atoms with Crippen molar-refractivity contribution < 1.29 is 22.8 Å². The van der Waals surface area contributed by atoms with Crippen LogP contribution in [-0.2, 0) is 15.8 Å². The Morgan fingerprint density at radius 2 is 1.71 bits per heavy atom. The highest BCUT2D eigenvalue weighted by Crippen LogP contribution is 2.41. The van der Waals surface area contributed by atoms with Crippen LogP contribution in [0.1, 0.15) is 49.7 Å². The Kier molecular flexibility index (Phi) is 7.30. The summed E-state index contributed by atoms with van der Waals surface area (Å²) in [6, 6.07) is 5.40. The molecule has 0 spiro atoms. The fourth-order valence-electron chi connectivity index (χ4n) is 6.15. The van der Waals surface area contributed by atoms with Crippen LogP contribution in [0.3, 0.4) is 0 Å². The van der Waals surface area contributed by atoms with Crippen LogP contribution in [0.15, 0.2) is 18.2 Å². The Morgan fingerprint density at radius 3 is 2.29 bits per heavy atom. The molecular weight excluding hydrogens is 457 g/mol. The fraction of sp³-hybridized carbons (Fsp3) is 0.654. The van der Waals surface area contributed by atoms with Gasteiger partial charge in [0.2, 0.25) is 11.8 Å². The third-order valence-electron chi connectivity index (χ3n) is 8.08. The van der Waals surface area contributed by atoms with Crippen molar-refractivity contribution in [3.05, 3.63) is 29.3 Å². The standard InChI is InChI=1S/C26H33F3N4O2/c1-31(2)25(35)22-16-33(20-8-7-19(14-30)23(13-20)26(27,28)29)15-21(22)17-9-11-32(12-10-17)24(34)18-5-3-4-6-18/h7-8,13,17-18,21-22H,3-6,9-12,15-16H2,1-2H3/t21-,22+/m0/s1. The second kappa shape index (κ2) is 10.1. The number of alkyl halides is 3. The molecule has 2 atom stereocenters.